The van der Waals surface area contributed by atoms with Gasteiger partial charge in [0.1, 0.15) is 11.5 Å². The van der Waals surface area contributed by atoms with Crippen LogP contribution < -0.4 is 4.74 Å². The smallest absolute Gasteiger partial charge is 0.334 e. The minimum atomic E-state index is -0.371. The van der Waals surface area contributed by atoms with Gasteiger partial charge in [0.25, 0.3) is 0 Å². The van der Waals surface area contributed by atoms with E-state index in [1.165, 1.54) is 7.11 Å². The number of esters is 1. The van der Waals surface area contributed by atoms with Gasteiger partial charge in [0.15, 0.2) is 0 Å². The zero-order valence-electron chi connectivity index (χ0n) is 11.5. The van der Waals surface area contributed by atoms with Crippen molar-refractivity contribution in [3.63, 3.8) is 0 Å². The summed E-state index contributed by atoms with van der Waals surface area (Å²) in [5.74, 6) is 1.00. The minimum Gasteiger partial charge on any atom is -0.497 e. The molecule has 2 aromatic rings. The van der Waals surface area contributed by atoms with Gasteiger partial charge in [0, 0.05) is 12.0 Å². The molecule has 4 nitrogen and oxygen atoms in total. The second-order valence-electron chi connectivity index (χ2n) is 4.20. The van der Waals surface area contributed by atoms with E-state index >= 15 is 0 Å². The summed E-state index contributed by atoms with van der Waals surface area (Å²) in [5, 5.41) is 0. The standard InChI is InChI=1S/C16H16O4/c1-18-14-6-3-5-12(10-14)9-13(16(17)19-2)11-15-7-4-8-20-15/h3-8,10-11H,9H2,1-2H3/b13-11+. The molecule has 0 saturated carbocycles. The number of rotatable bonds is 5. The molecule has 0 bridgehead atoms. The molecule has 0 fully saturated rings. The first-order valence-corrected chi connectivity index (χ1v) is 6.18. The van der Waals surface area contributed by atoms with E-state index in [9.17, 15) is 4.79 Å². The van der Waals surface area contributed by atoms with Crippen molar-refractivity contribution in [2.75, 3.05) is 14.2 Å². The molecule has 0 N–H and O–H groups in total. The molecular formula is C16H16O4. The summed E-state index contributed by atoms with van der Waals surface area (Å²) < 4.78 is 15.2. The number of ether oxygens (including phenoxy) is 2. The van der Waals surface area contributed by atoms with Crippen LogP contribution in [0.3, 0.4) is 0 Å². The van der Waals surface area contributed by atoms with Gasteiger partial charge in [-0.3, -0.25) is 0 Å². The van der Waals surface area contributed by atoms with Crippen LogP contribution in [0.2, 0.25) is 0 Å². The Hall–Kier alpha value is -2.49. The van der Waals surface area contributed by atoms with Crippen molar-refractivity contribution in [1.29, 1.82) is 0 Å². The average molecular weight is 272 g/mol. The molecular weight excluding hydrogens is 256 g/mol. The van der Waals surface area contributed by atoms with Gasteiger partial charge in [-0.05, 0) is 35.9 Å². The maximum Gasteiger partial charge on any atom is 0.334 e. The van der Waals surface area contributed by atoms with Crippen LogP contribution in [0.25, 0.3) is 6.08 Å². The Morgan fingerprint density at radius 3 is 2.75 bits per heavy atom. The molecule has 1 aromatic carbocycles. The molecule has 20 heavy (non-hydrogen) atoms. The Labute approximate surface area is 117 Å². The molecule has 1 heterocycles. The van der Waals surface area contributed by atoms with Crippen molar-refractivity contribution in [3.8, 4) is 5.75 Å². The van der Waals surface area contributed by atoms with Crippen molar-refractivity contribution >= 4 is 12.0 Å². The van der Waals surface area contributed by atoms with Crippen molar-refractivity contribution in [1.82, 2.24) is 0 Å². The van der Waals surface area contributed by atoms with Gasteiger partial charge in [-0.2, -0.15) is 0 Å². The van der Waals surface area contributed by atoms with Gasteiger partial charge in [0.2, 0.25) is 0 Å². The molecule has 0 spiro atoms. The molecule has 2 rings (SSSR count). The molecule has 0 unspecified atom stereocenters. The fourth-order valence-electron chi connectivity index (χ4n) is 1.86. The predicted molar refractivity (Wildman–Crippen MR) is 75.4 cm³/mol. The van der Waals surface area contributed by atoms with Crippen LogP contribution in [0.15, 0.2) is 52.7 Å². The van der Waals surface area contributed by atoms with Crippen molar-refractivity contribution in [2.24, 2.45) is 0 Å². The molecule has 0 aliphatic rings. The van der Waals surface area contributed by atoms with Crippen LogP contribution in [-0.4, -0.2) is 20.2 Å². The lowest BCUT2D eigenvalue weighted by Crippen LogP contribution is -2.07. The van der Waals surface area contributed by atoms with Crippen LogP contribution in [0, 0.1) is 0 Å². The molecule has 0 radical (unpaired) electrons. The van der Waals surface area contributed by atoms with Crippen LogP contribution in [-0.2, 0) is 16.0 Å². The third-order valence-electron chi connectivity index (χ3n) is 2.84. The Bertz CT molecular complexity index is 597. The van der Waals surface area contributed by atoms with Gasteiger partial charge in [-0.25, -0.2) is 4.79 Å². The van der Waals surface area contributed by atoms with Crippen LogP contribution in [0.5, 0.6) is 5.75 Å². The van der Waals surface area contributed by atoms with Crippen molar-refractivity contribution in [3.05, 3.63) is 59.6 Å². The summed E-state index contributed by atoms with van der Waals surface area (Å²) in [5.41, 5.74) is 1.49. The highest BCUT2D eigenvalue weighted by atomic mass is 16.5. The van der Waals surface area contributed by atoms with Crippen molar-refractivity contribution in [2.45, 2.75) is 6.42 Å². The second kappa shape index (κ2) is 6.61. The zero-order valence-corrected chi connectivity index (χ0v) is 11.5. The largest absolute Gasteiger partial charge is 0.497 e. The van der Waals surface area contributed by atoms with Crippen LogP contribution >= 0.6 is 0 Å². The molecule has 0 atom stereocenters. The number of carbonyl (C=O) groups excluding carboxylic acids is 1. The van der Waals surface area contributed by atoms with E-state index in [1.54, 1.807) is 31.6 Å². The van der Waals surface area contributed by atoms with Crippen LogP contribution in [0.1, 0.15) is 11.3 Å². The fraction of sp³-hybridized carbons (Fsp3) is 0.188. The van der Waals surface area contributed by atoms with E-state index in [-0.39, 0.29) is 5.97 Å². The first-order chi connectivity index (χ1) is 9.72. The van der Waals surface area contributed by atoms with E-state index in [1.807, 2.05) is 24.3 Å². The number of carbonyl (C=O) groups is 1. The third kappa shape index (κ3) is 3.51. The van der Waals surface area contributed by atoms with Gasteiger partial charge >= 0.3 is 5.97 Å². The number of hydrogen-bond acceptors (Lipinski definition) is 4. The lowest BCUT2D eigenvalue weighted by atomic mass is 10.0. The Kier molecular flexibility index (Phi) is 4.60. The van der Waals surface area contributed by atoms with E-state index < -0.39 is 0 Å². The number of furan rings is 1. The van der Waals surface area contributed by atoms with E-state index in [0.717, 1.165) is 11.3 Å². The Morgan fingerprint density at radius 1 is 1.25 bits per heavy atom. The van der Waals surface area contributed by atoms with Crippen LogP contribution in [0.4, 0.5) is 0 Å². The fourth-order valence-corrected chi connectivity index (χ4v) is 1.86. The lowest BCUT2D eigenvalue weighted by Gasteiger charge is -2.07. The second-order valence-corrected chi connectivity index (χ2v) is 4.20. The van der Waals surface area contributed by atoms with Gasteiger partial charge < -0.3 is 13.9 Å². The normalized spacial score (nSPS) is 11.2. The Balaban J connectivity index is 2.26. The van der Waals surface area contributed by atoms with E-state index in [4.69, 9.17) is 13.9 Å². The number of hydrogen-bond donors (Lipinski definition) is 0. The molecule has 0 aliphatic carbocycles. The summed E-state index contributed by atoms with van der Waals surface area (Å²) in [6.07, 6.45) is 3.70. The van der Waals surface area contributed by atoms with Gasteiger partial charge in [0.05, 0.1) is 20.5 Å². The van der Waals surface area contributed by atoms with Gasteiger partial charge in [-0.1, -0.05) is 12.1 Å². The molecule has 0 amide bonds. The number of methoxy groups -OCH3 is 2. The highest BCUT2D eigenvalue weighted by Crippen LogP contribution is 2.18. The van der Waals surface area contributed by atoms with E-state index in [2.05, 4.69) is 0 Å². The third-order valence-corrected chi connectivity index (χ3v) is 2.84. The van der Waals surface area contributed by atoms with E-state index in [0.29, 0.717) is 17.8 Å². The monoisotopic (exact) mass is 272 g/mol. The molecule has 1 aromatic heterocycles. The first kappa shape index (κ1) is 13.9. The summed E-state index contributed by atoms with van der Waals surface area (Å²) in [6.45, 7) is 0. The average Bonchev–Trinajstić information content (AvgIpc) is 2.99. The molecule has 104 valence electrons. The summed E-state index contributed by atoms with van der Waals surface area (Å²) >= 11 is 0. The molecule has 0 saturated heterocycles. The first-order valence-electron chi connectivity index (χ1n) is 6.18. The zero-order chi connectivity index (χ0) is 14.4. The summed E-state index contributed by atoms with van der Waals surface area (Å²) in [6, 6.07) is 11.1. The SMILES string of the molecule is COC(=O)/C(=C/c1ccco1)Cc1cccc(OC)c1. The Morgan fingerprint density at radius 2 is 2.10 bits per heavy atom. The maximum absolute atomic E-state index is 11.8. The summed E-state index contributed by atoms with van der Waals surface area (Å²) in [7, 11) is 2.98. The molecule has 4 heteroatoms. The minimum absolute atomic E-state index is 0.371. The predicted octanol–water partition coefficient (Wildman–Crippen LogP) is 3.09. The highest BCUT2D eigenvalue weighted by Gasteiger charge is 2.12. The number of benzene rings is 1. The summed E-state index contributed by atoms with van der Waals surface area (Å²) in [4.78, 5) is 11.8. The highest BCUT2D eigenvalue weighted by molar-refractivity contribution is 5.93. The lowest BCUT2D eigenvalue weighted by molar-refractivity contribution is -0.136. The quantitative estimate of drug-likeness (QED) is 0.620. The van der Waals surface area contributed by atoms with Crippen molar-refractivity contribution < 1.29 is 18.7 Å². The maximum atomic E-state index is 11.8. The molecule has 0 aliphatic heterocycles. The van der Waals surface area contributed by atoms with Gasteiger partial charge in [-0.15, -0.1) is 0 Å². The topological polar surface area (TPSA) is 48.7 Å².